The van der Waals surface area contributed by atoms with Gasteiger partial charge in [-0.15, -0.1) is 0 Å². The second kappa shape index (κ2) is 6.47. The summed E-state index contributed by atoms with van der Waals surface area (Å²) in [7, 11) is 0.280. The molecule has 1 N–H and O–H groups in total. The van der Waals surface area contributed by atoms with E-state index >= 15 is 0 Å². The third kappa shape index (κ3) is 3.37. The van der Waals surface area contributed by atoms with E-state index in [1.807, 2.05) is 43.3 Å². The lowest BCUT2D eigenvalue weighted by atomic mass is 10.1. The van der Waals surface area contributed by atoms with E-state index in [4.69, 9.17) is 11.6 Å². The number of nitrogens with zero attached hydrogens (tertiary/aromatic N) is 1. The van der Waals surface area contributed by atoms with Gasteiger partial charge in [-0.25, -0.2) is 13.1 Å². The summed E-state index contributed by atoms with van der Waals surface area (Å²) in [6.07, 6.45) is 1.54. The molecule has 0 aromatic heterocycles. The Morgan fingerprint density at radius 2 is 1.81 bits per heavy atom. The van der Waals surface area contributed by atoms with Crippen LogP contribution in [-0.2, 0) is 10.0 Å². The molecule has 0 aliphatic rings. The van der Waals surface area contributed by atoms with Gasteiger partial charge in [0.2, 0.25) is 10.0 Å². The minimum Gasteiger partial charge on any atom is -0.377 e. The molecule has 2 aromatic carbocycles. The summed E-state index contributed by atoms with van der Waals surface area (Å²) in [5.74, 6) is 0. The Morgan fingerprint density at radius 3 is 2.48 bits per heavy atom. The minimum atomic E-state index is -3.58. The number of sulfonamides is 1. The Kier molecular flexibility index (Phi) is 4.88. The van der Waals surface area contributed by atoms with Crippen LogP contribution in [0, 0.1) is 0 Å². The molecule has 6 heteroatoms. The third-order valence-corrected chi connectivity index (χ3v) is 4.77. The predicted octanol–water partition coefficient (Wildman–Crippen LogP) is 2.94. The first-order valence-electron chi connectivity index (χ1n) is 6.41. The van der Waals surface area contributed by atoms with Crippen LogP contribution in [0.15, 0.2) is 52.9 Å². The number of fused-ring (bicyclic) bond motifs is 1. The van der Waals surface area contributed by atoms with Crippen LogP contribution in [0.4, 0.5) is 5.69 Å². The quantitative estimate of drug-likeness (QED) is 0.920. The van der Waals surface area contributed by atoms with E-state index in [1.165, 1.54) is 11.6 Å². The van der Waals surface area contributed by atoms with Gasteiger partial charge in [0.05, 0.1) is 4.90 Å². The molecule has 0 saturated heterocycles. The molecule has 4 nitrogen and oxygen atoms in total. The summed E-state index contributed by atoms with van der Waals surface area (Å²) in [6, 6.07) is 10.9. The van der Waals surface area contributed by atoms with Crippen molar-refractivity contribution < 1.29 is 8.42 Å². The molecule has 2 aromatic rings. The molecule has 112 valence electrons. The summed E-state index contributed by atoms with van der Waals surface area (Å²) in [5.41, 5.74) is 2.26. The highest BCUT2D eigenvalue weighted by Crippen LogP contribution is 2.29. The van der Waals surface area contributed by atoms with Crippen molar-refractivity contribution in [3.8, 4) is 0 Å². The molecule has 0 amide bonds. The Hall–Kier alpha value is -1.56. The first-order valence-corrected chi connectivity index (χ1v) is 8.33. The number of benzene rings is 2. The molecule has 0 radical (unpaired) electrons. The topological polar surface area (TPSA) is 49.4 Å². The van der Waals surface area contributed by atoms with Crippen molar-refractivity contribution >= 4 is 38.1 Å². The zero-order chi connectivity index (χ0) is 15.5. The van der Waals surface area contributed by atoms with Gasteiger partial charge < -0.3 is 4.90 Å². The maximum atomic E-state index is 12.4. The van der Waals surface area contributed by atoms with Gasteiger partial charge in [0.15, 0.2) is 0 Å². The smallest absolute Gasteiger partial charge is 0.241 e. The molecule has 0 bridgehead atoms. The molecule has 0 fully saturated rings. The van der Waals surface area contributed by atoms with Gasteiger partial charge in [0, 0.05) is 42.6 Å². The minimum absolute atomic E-state index is 0.162. The SMILES string of the molecule is CN(C)c1cccc2c(S(=O)(=O)NCC=CCl)cccc12. The van der Waals surface area contributed by atoms with Gasteiger partial charge in [-0.1, -0.05) is 41.9 Å². The van der Waals surface area contributed by atoms with Crippen molar-refractivity contribution in [3.63, 3.8) is 0 Å². The van der Waals surface area contributed by atoms with E-state index in [0.717, 1.165) is 11.1 Å². The number of halogens is 1. The van der Waals surface area contributed by atoms with Gasteiger partial charge in [0.1, 0.15) is 0 Å². The number of rotatable bonds is 5. The predicted molar refractivity (Wildman–Crippen MR) is 88.5 cm³/mol. The van der Waals surface area contributed by atoms with E-state index in [0.29, 0.717) is 5.39 Å². The maximum absolute atomic E-state index is 12.4. The Bertz CT molecular complexity index is 770. The van der Waals surface area contributed by atoms with Crippen LogP contribution >= 0.6 is 11.6 Å². The first kappa shape index (κ1) is 15.8. The number of hydrogen-bond donors (Lipinski definition) is 1. The average Bonchev–Trinajstić information content (AvgIpc) is 2.46. The van der Waals surface area contributed by atoms with Gasteiger partial charge in [-0.05, 0) is 12.1 Å². The van der Waals surface area contributed by atoms with Crippen molar-refractivity contribution in [2.75, 3.05) is 25.5 Å². The molecule has 0 atom stereocenters. The average molecular weight is 325 g/mol. The largest absolute Gasteiger partial charge is 0.377 e. The maximum Gasteiger partial charge on any atom is 0.241 e. The van der Waals surface area contributed by atoms with Crippen molar-refractivity contribution in [2.24, 2.45) is 0 Å². The molecule has 0 saturated carbocycles. The third-order valence-electron chi connectivity index (χ3n) is 3.11. The lowest BCUT2D eigenvalue weighted by Gasteiger charge is -2.17. The van der Waals surface area contributed by atoms with Gasteiger partial charge in [-0.2, -0.15) is 0 Å². The highest BCUT2D eigenvalue weighted by molar-refractivity contribution is 7.89. The highest BCUT2D eigenvalue weighted by Gasteiger charge is 2.17. The fourth-order valence-corrected chi connectivity index (χ4v) is 3.45. The van der Waals surface area contributed by atoms with E-state index in [-0.39, 0.29) is 11.4 Å². The van der Waals surface area contributed by atoms with E-state index in [2.05, 4.69) is 4.72 Å². The second-order valence-corrected chi connectivity index (χ2v) is 6.72. The van der Waals surface area contributed by atoms with Crippen LogP contribution in [0.25, 0.3) is 10.8 Å². The number of hydrogen-bond acceptors (Lipinski definition) is 3. The monoisotopic (exact) mass is 324 g/mol. The second-order valence-electron chi connectivity index (χ2n) is 4.74. The highest BCUT2D eigenvalue weighted by atomic mass is 35.5. The summed E-state index contributed by atoms with van der Waals surface area (Å²) >= 11 is 5.41. The molecule has 0 unspecified atom stereocenters. The van der Waals surface area contributed by atoms with Crippen molar-refractivity contribution in [3.05, 3.63) is 48.0 Å². The molecule has 0 aliphatic carbocycles. The van der Waals surface area contributed by atoms with Crippen LogP contribution in [-0.4, -0.2) is 29.1 Å². The van der Waals surface area contributed by atoms with Crippen LogP contribution in [0.1, 0.15) is 0 Å². The van der Waals surface area contributed by atoms with Gasteiger partial charge in [0.25, 0.3) is 0 Å². The number of nitrogens with one attached hydrogen (secondary N) is 1. The first-order chi connectivity index (χ1) is 9.97. The molecule has 21 heavy (non-hydrogen) atoms. The normalized spacial score (nSPS) is 12.1. The molecule has 0 aliphatic heterocycles. The summed E-state index contributed by atoms with van der Waals surface area (Å²) in [6.45, 7) is 0.162. The fourth-order valence-electron chi connectivity index (χ4n) is 2.17. The van der Waals surface area contributed by atoms with E-state index in [1.54, 1.807) is 12.1 Å². The summed E-state index contributed by atoms with van der Waals surface area (Å²) in [5, 5.41) is 1.60. The Balaban J connectivity index is 2.58. The van der Waals surface area contributed by atoms with Gasteiger partial charge >= 0.3 is 0 Å². The van der Waals surface area contributed by atoms with E-state index < -0.39 is 10.0 Å². The van der Waals surface area contributed by atoms with Crippen LogP contribution in [0.3, 0.4) is 0 Å². The Morgan fingerprint density at radius 1 is 1.14 bits per heavy atom. The summed E-state index contributed by atoms with van der Waals surface area (Å²) < 4.78 is 27.3. The van der Waals surface area contributed by atoms with Gasteiger partial charge in [-0.3, -0.25) is 0 Å². The zero-order valence-electron chi connectivity index (χ0n) is 11.9. The molecular formula is C15H17ClN2O2S. The van der Waals surface area contributed by atoms with Crippen molar-refractivity contribution in [2.45, 2.75) is 4.90 Å². The zero-order valence-corrected chi connectivity index (χ0v) is 13.4. The van der Waals surface area contributed by atoms with Crippen LogP contribution in [0.5, 0.6) is 0 Å². The van der Waals surface area contributed by atoms with E-state index in [9.17, 15) is 8.42 Å². The summed E-state index contributed by atoms with van der Waals surface area (Å²) in [4.78, 5) is 2.23. The molecule has 0 heterocycles. The standard InChI is InChI=1S/C15H17ClN2O2S/c1-18(2)14-8-3-7-13-12(14)6-4-9-15(13)21(19,20)17-11-5-10-16/h3-10,17H,11H2,1-2H3. The van der Waals surface area contributed by atoms with Crippen LogP contribution in [0.2, 0.25) is 0 Å². The lowest BCUT2D eigenvalue weighted by molar-refractivity contribution is 0.586. The van der Waals surface area contributed by atoms with Crippen molar-refractivity contribution in [1.29, 1.82) is 0 Å². The Labute approximate surface area is 130 Å². The number of anilines is 1. The fraction of sp³-hybridized carbons (Fsp3) is 0.200. The molecule has 0 spiro atoms. The lowest BCUT2D eigenvalue weighted by Crippen LogP contribution is -2.24. The molecule has 2 rings (SSSR count). The van der Waals surface area contributed by atoms with Crippen molar-refractivity contribution in [1.82, 2.24) is 4.72 Å². The molecular weight excluding hydrogens is 308 g/mol. The van der Waals surface area contributed by atoms with Crippen LogP contribution < -0.4 is 9.62 Å².